The molecule has 0 spiro atoms. The van der Waals surface area contributed by atoms with E-state index >= 15 is 0 Å². The van der Waals surface area contributed by atoms with Crippen molar-refractivity contribution < 1.29 is 23.1 Å². The molecule has 0 saturated heterocycles. The minimum absolute atomic E-state index is 0.232. The predicted octanol–water partition coefficient (Wildman–Crippen LogP) is 4.00. The zero-order valence-electron chi connectivity index (χ0n) is 10.3. The zero-order valence-corrected chi connectivity index (χ0v) is 10.3. The molecule has 2 nitrogen and oxygen atoms in total. The summed E-state index contributed by atoms with van der Waals surface area (Å²) in [5.41, 5.74) is -0.0714. The fraction of sp³-hybridized carbons (Fsp3) is 0.133. The molecule has 0 fully saturated rings. The molecule has 1 N–H and O–H groups in total. The highest BCUT2D eigenvalue weighted by Gasteiger charge is 2.34. The SMILES string of the molecule is O=C(O)Cc1ccc(-c2ccccc2)cc1C(F)(F)F. The smallest absolute Gasteiger partial charge is 0.416 e. The van der Waals surface area contributed by atoms with Crippen molar-refractivity contribution >= 4 is 5.97 Å². The lowest BCUT2D eigenvalue weighted by Crippen LogP contribution is -2.12. The number of rotatable bonds is 3. The molecule has 0 aliphatic carbocycles. The number of hydrogen-bond acceptors (Lipinski definition) is 1. The molecular formula is C15H11F3O2. The molecule has 5 heteroatoms. The highest BCUT2D eigenvalue weighted by molar-refractivity contribution is 5.72. The van der Waals surface area contributed by atoms with Gasteiger partial charge in [-0.25, -0.2) is 0 Å². The second-order valence-electron chi connectivity index (χ2n) is 4.31. The number of benzene rings is 2. The molecule has 0 bridgehead atoms. The Kier molecular flexibility index (Phi) is 3.79. The first-order valence-corrected chi connectivity index (χ1v) is 5.85. The minimum Gasteiger partial charge on any atom is -0.481 e. The highest BCUT2D eigenvalue weighted by atomic mass is 19.4. The summed E-state index contributed by atoms with van der Waals surface area (Å²) in [5.74, 6) is -1.29. The lowest BCUT2D eigenvalue weighted by molar-refractivity contribution is -0.139. The van der Waals surface area contributed by atoms with Gasteiger partial charge in [0.2, 0.25) is 0 Å². The molecule has 2 rings (SSSR count). The molecule has 0 unspecified atom stereocenters. The van der Waals surface area contributed by atoms with E-state index in [1.807, 2.05) is 0 Å². The van der Waals surface area contributed by atoms with E-state index in [1.165, 1.54) is 12.1 Å². The van der Waals surface area contributed by atoms with E-state index in [0.29, 0.717) is 11.1 Å². The zero-order chi connectivity index (χ0) is 14.8. The van der Waals surface area contributed by atoms with E-state index in [2.05, 4.69) is 0 Å². The van der Waals surface area contributed by atoms with Gasteiger partial charge in [0.15, 0.2) is 0 Å². The number of hydrogen-bond donors (Lipinski definition) is 1. The van der Waals surface area contributed by atoms with Crippen LogP contribution in [0.3, 0.4) is 0 Å². The van der Waals surface area contributed by atoms with Gasteiger partial charge in [0.1, 0.15) is 0 Å². The van der Waals surface area contributed by atoms with Gasteiger partial charge in [0, 0.05) is 0 Å². The van der Waals surface area contributed by atoms with E-state index in [1.54, 1.807) is 30.3 Å². The van der Waals surface area contributed by atoms with Crippen LogP contribution < -0.4 is 0 Å². The molecule has 0 saturated carbocycles. The van der Waals surface area contributed by atoms with Gasteiger partial charge in [-0.15, -0.1) is 0 Å². The Labute approximate surface area is 113 Å². The molecule has 0 amide bonds. The Balaban J connectivity index is 2.52. The molecule has 104 valence electrons. The maximum Gasteiger partial charge on any atom is 0.416 e. The fourth-order valence-corrected chi connectivity index (χ4v) is 1.97. The van der Waals surface area contributed by atoms with Crippen LogP contribution in [0.5, 0.6) is 0 Å². The summed E-state index contributed by atoms with van der Waals surface area (Å²) in [4.78, 5) is 10.6. The topological polar surface area (TPSA) is 37.3 Å². The fourth-order valence-electron chi connectivity index (χ4n) is 1.97. The van der Waals surface area contributed by atoms with Crippen LogP contribution in [0.4, 0.5) is 13.2 Å². The number of alkyl halides is 3. The average Bonchev–Trinajstić information content (AvgIpc) is 2.38. The molecule has 20 heavy (non-hydrogen) atoms. The first-order chi connectivity index (χ1) is 9.38. The van der Waals surface area contributed by atoms with Gasteiger partial charge in [-0.05, 0) is 22.8 Å². The number of carbonyl (C=O) groups is 1. The van der Waals surface area contributed by atoms with Crippen LogP contribution in [0, 0.1) is 0 Å². The standard InChI is InChI=1S/C15H11F3O2/c16-15(17,18)13-8-11(10-4-2-1-3-5-10)6-7-12(13)9-14(19)20/h1-8H,9H2,(H,19,20). The maximum absolute atomic E-state index is 13.0. The van der Waals surface area contributed by atoms with Crippen LogP contribution in [0.1, 0.15) is 11.1 Å². The van der Waals surface area contributed by atoms with Crippen LogP contribution in [0.15, 0.2) is 48.5 Å². The van der Waals surface area contributed by atoms with Gasteiger partial charge in [-0.3, -0.25) is 4.79 Å². The third kappa shape index (κ3) is 3.17. The van der Waals surface area contributed by atoms with Crippen molar-refractivity contribution in [3.63, 3.8) is 0 Å². The monoisotopic (exact) mass is 280 g/mol. The Morgan fingerprint density at radius 1 is 1.00 bits per heavy atom. The summed E-state index contributed by atoms with van der Waals surface area (Å²) >= 11 is 0. The van der Waals surface area contributed by atoms with Crippen LogP contribution in [-0.4, -0.2) is 11.1 Å². The number of carboxylic acids is 1. The van der Waals surface area contributed by atoms with E-state index in [4.69, 9.17) is 5.11 Å². The van der Waals surface area contributed by atoms with Crippen molar-refractivity contribution in [1.82, 2.24) is 0 Å². The highest BCUT2D eigenvalue weighted by Crippen LogP contribution is 2.35. The second kappa shape index (κ2) is 5.36. The average molecular weight is 280 g/mol. The third-order valence-electron chi connectivity index (χ3n) is 2.86. The molecule has 0 aromatic heterocycles. The molecule has 2 aromatic carbocycles. The van der Waals surface area contributed by atoms with Gasteiger partial charge >= 0.3 is 12.1 Å². The lowest BCUT2D eigenvalue weighted by Gasteiger charge is -2.13. The van der Waals surface area contributed by atoms with Gasteiger partial charge in [-0.1, -0.05) is 42.5 Å². The molecule has 0 aliphatic rings. The van der Waals surface area contributed by atoms with Crippen molar-refractivity contribution in [3.05, 3.63) is 59.7 Å². The van der Waals surface area contributed by atoms with Crippen molar-refractivity contribution in [1.29, 1.82) is 0 Å². The quantitative estimate of drug-likeness (QED) is 0.922. The van der Waals surface area contributed by atoms with E-state index in [0.717, 1.165) is 6.07 Å². The number of aliphatic carboxylic acids is 1. The number of halogens is 3. The van der Waals surface area contributed by atoms with Crippen LogP contribution in [0.25, 0.3) is 11.1 Å². The van der Waals surface area contributed by atoms with E-state index in [9.17, 15) is 18.0 Å². The van der Waals surface area contributed by atoms with Crippen molar-refractivity contribution in [2.75, 3.05) is 0 Å². The van der Waals surface area contributed by atoms with Crippen LogP contribution in [-0.2, 0) is 17.4 Å². The summed E-state index contributed by atoms with van der Waals surface area (Å²) < 4.78 is 39.0. The predicted molar refractivity (Wildman–Crippen MR) is 68.2 cm³/mol. The Morgan fingerprint density at radius 3 is 2.20 bits per heavy atom. The second-order valence-corrected chi connectivity index (χ2v) is 4.31. The summed E-state index contributed by atoms with van der Waals surface area (Å²) in [7, 11) is 0. The molecule has 0 aliphatic heterocycles. The minimum atomic E-state index is -4.57. The molecular weight excluding hydrogens is 269 g/mol. The molecule has 0 atom stereocenters. The maximum atomic E-state index is 13.0. The van der Waals surface area contributed by atoms with Gasteiger partial charge in [0.25, 0.3) is 0 Å². The van der Waals surface area contributed by atoms with Crippen molar-refractivity contribution in [2.45, 2.75) is 12.6 Å². The van der Waals surface area contributed by atoms with E-state index in [-0.39, 0.29) is 5.56 Å². The molecule has 0 heterocycles. The van der Waals surface area contributed by atoms with Crippen molar-refractivity contribution in [2.24, 2.45) is 0 Å². The Hall–Kier alpha value is -2.30. The summed E-state index contributed by atoms with van der Waals surface area (Å²) in [6.07, 6.45) is -5.22. The third-order valence-corrected chi connectivity index (χ3v) is 2.86. The Morgan fingerprint density at radius 2 is 1.65 bits per heavy atom. The number of carboxylic acid groups (broad SMARTS) is 1. The van der Waals surface area contributed by atoms with Gasteiger partial charge in [0.05, 0.1) is 12.0 Å². The van der Waals surface area contributed by atoms with E-state index < -0.39 is 24.1 Å². The van der Waals surface area contributed by atoms with Crippen LogP contribution in [0.2, 0.25) is 0 Å². The first-order valence-electron chi connectivity index (χ1n) is 5.85. The lowest BCUT2D eigenvalue weighted by atomic mass is 9.97. The Bertz CT molecular complexity index is 619. The normalized spacial score (nSPS) is 11.3. The van der Waals surface area contributed by atoms with Crippen LogP contribution >= 0.6 is 0 Å². The molecule has 2 aromatic rings. The van der Waals surface area contributed by atoms with Crippen molar-refractivity contribution in [3.8, 4) is 11.1 Å². The molecule has 0 radical (unpaired) electrons. The summed E-state index contributed by atoms with van der Waals surface area (Å²) in [6.45, 7) is 0. The largest absolute Gasteiger partial charge is 0.481 e. The summed E-state index contributed by atoms with van der Waals surface area (Å²) in [6, 6.07) is 12.4. The first kappa shape index (κ1) is 14.1. The summed E-state index contributed by atoms with van der Waals surface area (Å²) in [5, 5.41) is 8.68. The van der Waals surface area contributed by atoms with Gasteiger partial charge in [-0.2, -0.15) is 13.2 Å². The van der Waals surface area contributed by atoms with Gasteiger partial charge < -0.3 is 5.11 Å².